The number of aliphatic hydroxyl groups excluding tert-OH is 1. The molecule has 3 heterocycles. The van der Waals surface area contributed by atoms with E-state index in [2.05, 4.69) is 4.90 Å². The molecule has 5 nitrogen and oxygen atoms in total. The number of carbonyl (C=O) groups excluding carboxylic acids is 2. The molecule has 3 aliphatic heterocycles. The van der Waals surface area contributed by atoms with Crippen LogP contribution in [0.3, 0.4) is 0 Å². The van der Waals surface area contributed by atoms with Gasteiger partial charge < -0.3 is 10.0 Å². The van der Waals surface area contributed by atoms with Gasteiger partial charge in [0.15, 0.2) is 5.78 Å². The number of thioether (sulfide) groups is 2. The fourth-order valence-corrected chi connectivity index (χ4v) is 7.65. The minimum absolute atomic E-state index is 0.0556. The van der Waals surface area contributed by atoms with Crippen LogP contribution in [-0.4, -0.2) is 63.0 Å². The number of β-lactam (4-membered cyclic amide) rings is 1. The van der Waals surface area contributed by atoms with E-state index in [1.54, 1.807) is 11.8 Å². The highest BCUT2D eigenvalue weighted by atomic mass is 32.2. The fourth-order valence-electron chi connectivity index (χ4n) is 4.35. The number of likely N-dealkylation sites (tertiary alicyclic amines) is 1. The molecule has 7 heteroatoms. The van der Waals surface area contributed by atoms with Gasteiger partial charge in [-0.2, -0.15) is 0 Å². The van der Waals surface area contributed by atoms with E-state index >= 15 is 0 Å². The van der Waals surface area contributed by atoms with E-state index in [0.717, 1.165) is 36.3 Å². The maximum absolute atomic E-state index is 12.7. The van der Waals surface area contributed by atoms with Gasteiger partial charge in [0.1, 0.15) is 5.37 Å². The molecule has 0 unspecified atom stereocenters. The number of aryl methyl sites for hydroxylation is 1. The first-order valence-electron chi connectivity index (χ1n) is 10.3. The van der Waals surface area contributed by atoms with Gasteiger partial charge in [-0.15, -0.1) is 11.8 Å². The molecule has 29 heavy (non-hydrogen) atoms. The minimum Gasteiger partial charge on any atom is -0.392 e. The number of nitrogens with zero attached hydrogens (tertiary/aromatic N) is 2. The van der Waals surface area contributed by atoms with E-state index in [9.17, 15) is 14.7 Å². The van der Waals surface area contributed by atoms with Gasteiger partial charge in [-0.1, -0.05) is 43.0 Å². The SMILES string of the molecule is CC[C@H](O)[C@@H]1C(=O)N2C(C)=C(S[C@H]3CCN(CC(=O)c4ccccc4C)C3)S[C@H]12. The Morgan fingerprint density at radius 2 is 2.10 bits per heavy atom. The number of hydrogen-bond acceptors (Lipinski definition) is 6. The third-order valence-electron chi connectivity index (χ3n) is 6.12. The lowest BCUT2D eigenvalue weighted by molar-refractivity contribution is -0.153. The second-order valence-electron chi connectivity index (χ2n) is 8.09. The molecule has 0 radical (unpaired) electrons. The summed E-state index contributed by atoms with van der Waals surface area (Å²) < 4.78 is 1.20. The predicted octanol–water partition coefficient (Wildman–Crippen LogP) is 3.48. The normalized spacial score (nSPS) is 27.9. The van der Waals surface area contributed by atoms with Crippen LogP contribution in [0.5, 0.6) is 0 Å². The number of benzene rings is 1. The van der Waals surface area contributed by atoms with Crippen LogP contribution >= 0.6 is 23.5 Å². The highest BCUT2D eigenvalue weighted by molar-refractivity contribution is 8.23. The number of fused-ring (bicyclic) bond motifs is 1. The van der Waals surface area contributed by atoms with E-state index in [-0.39, 0.29) is 23.0 Å². The monoisotopic (exact) mass is 432 g/mol. The molecule has 0 spiro atoms. The summed E-state index contributed by atoms with van der Waals surface area (Å²) in [7, 11) is 0. The van der Waals surface area contributed by atoms with Crippen LogP contribution in [0.25, 0.3) is 0 Å². The molecule has 0 bridgehead atoms. The molecule has 4 rings (SSSR count). The maximum Gasteiger partial charge on any atom is 0.236 e. The molecule has 0 aliphatic carbocycles. The van der Waals surface area contributed by atoms with E-state index in [0.29, 0.717) is 18.2 Å². The third kappa shape index (κ3) is 3.90. The summed E-state index contributed by atoms with van der Waals surface area (Å²) in [5.41, 5.74) is 2.88. The van der Waals surface area contributed by atoms with Crippen molar-refractivity contribution in [3.05, 3.63) is 45.3 Å². The quantitative estimate of drug-likeness (QED) is 0.526. The average Bonchev–Trinajstić information content (AvgIpc) is 3.24. The van der Waals surface area contributed by atoms with Crippen molar-refractivity contribution in [1.29, 1.82) is 0 Å². The van der Waals surface area contributed by atoms with Gasteiger partial charge in [0.25, 0.3) is 0 Å². The number of ketones is 1. The Balaban J connectivity index is 1.33. The molecular weight excluding hydrogens is 404 g/mol. The summed E-state index contributed by atoms with van der Waals surface area (Å²) in [5.74, 6) is -0.0304. The van der Waals surface area contributed by atoms with Gasteiger partial charge in [0.2, 0.25) is 5.91 Å². The lowest BCUT2D eigenvalue weighted by Crippen LogP contribution is -2.60. The number of amides is 1. The van der Waals surface area contributed by atoms with E-state index < -0.39 is 6.10 Å². The van der Waals surface area contributed by atoms with Crippen molar-refractivity contribution in [1.82, 2.24) is 9.80 Å². The molecule has 156 valence electrons. The van der Waals surface area contributed by atoms with Crippen molar-refractivity contribution < 1.29 is 14.7 Å². The summed E-state index contributed by atoms with van der Waals surface area (Å²) in [6.45, 7) is 8.19. The Labute approximate surface area is 180 Å². The molecule has 1 N–H and O–H groups in total. The van der Waals surface area contributed by atoms with E-state index in [1.165, 1.54) is 4.24 Å². The Bertz CT molecular complexity index is 856. The number of hydrogen-bond donors (Lipinski definition) is 1. The van der Waals surface area contributed by atoms with Crippen LogP contribution in [0.4, 0.5) is 0 Å². The van der Waals surface area contributed by atoms with Crippen LogP contribution in [0.1, 0.15) is 42.6 Å². The molecule has 0 saturated carbocycles. The Hall–Kier alpha value is -1.28. The lowest BCUT2D eigenvalue weighted by Gasteiger charge is -2.44. The molecule has 1 aromatic carbocycles. The molecule has 2 fully saturated rings. The second kappa shape index (κ2) is 8.46. The number of rotatable bonds is 7. The van der Waals surface area contributed by atoms with Crippen molar-refractivity contribution in [2.45, 2.75) is 50.3 Å². The van der Waals surface area contributed by atoms with Gasteiger partial charge in [-0.3, -0.25) is 14.5 Å². The molecule has 3 aliphatic rings. The number of Topliss-reactive ketones (excluding diaryl/α,β-unsaturated/α-hetero) is 1. The summed E-state index contributed by atoms with van der Waals surface area (Å²) in [6, 6.07) is 7.77. The van der Waals surface area contributed by atoms with Crippen LogP contribution in [0.15, 0.2) is 34.2 Å². The van der Waals surface area contributed by atoms with E-state index in [4.69, 9.17) is 0 Å². The maximum atomic E-state index is 12.7. The second-order valence-corrected chi connectivity index (χ2v) is 10.8. The van der Waals surface area contributed by atoms with Gasteiger partial charge in [-0.05, 0) is 38.8 Å². The lowest BCUT2D eigenvalue weighted by atomic mass is 9.90. The zero-order valence-electron chi connectivity index (χ0n) is 17.1. The average molecular weight is 433 g/mol. The molecule has 2 saturated heterocycles. The number of allylic oxidation sites excluding steroid dienone is 1. The zero-order chi connectivity index (χ0) is 20.7. The zero-order valence-corrected chi connectivity index (χ0v) is 18.8. The number of carbonyl (C=O) groups is 2. The molecule has 1 amide bonds. The van der Waals surface area contributed by atoms with Crippen molar-refractivity contribution in [2.24, 2.45) is 5.92 Å². The molecule has 4 atom stereocenters. The Morgan fingerprint density at radius 3 is 2.83 bits per heavy atom. The van der Waals surface area contributed by atoms with Crippen molar-refractivity contribution in [3.8, 4) is 0 Å². The standard InChI is InChI=1S/C22H28N2O3S2/c1-4-17(25)19-20(27)24-14(3)22(29-21(19)24)28-15-9-10-23(11-15)12-18(26)16-8-6-5-7-13(16)2/h5-8,15,17,19,21,25H,4,9-12H2,1-3H3/t15-,17-,19+,21+/m0/s1. The molecular formula is C22H28N2O3S2. The van der Waals surface area contributed by atoms with Gasteiger partial charge in [-0.25, -0.2) is 0 Å². The third-order valence-corrected chi connectivity index (χ3v) is 9.18. The first-order chi connectivity index (χ1) is 13.9. The Kier molecular flexibility index (Phi) is 6.11. The van der Waals surface area contributed by atoms with Crippen LogP contribution in [0, 0.1) is 12.8 Å². The highest BCUT2D eigenvalue weighted by Gasteiger charge is 2.55. The van der Waals surface area contributed by atoms with Gasteiger partial charge in [0.05, 0.1) is 22.8 Å². The highest BCUT2D eigenvalue weighted by Crippen LogP contribution is 2.55. The number of aliphatic hydroxyl groups is 1. The van der Waals surface area contributed by atoms with Crippen LogP contribution in [0.2, 0.25) is 0 Å². The summed E-state index contributed by atoms with van der Waals surface area (Å²) in [5, 5.41) is 10.6. The van der Waals surface area contributed by atoms with E-state index in [1.807, 2.05) is 61.7 Å². The molecule has 1 aromatic rings. The predicted molar refractivity (Wildman–Crippen MR) is 119 cm³/mol. The summed E-state index contributed by atoms with van der Waals surface area (Å²) >= 11 is 3.56. The Morgan fingerprint density at radius 1 is 1.34 bits per heavy atom. The van der Waals surface area contributed by atoms with Gasteiger partial charge >= 0.3 is 0 Å². The summed E-state index contributed by atoms with van der Waals surface area (Å²) in [6.07, 6.45) is 1.10. The van der Waals surface area contributed by atoms with Crippen molar-refractivity contribution in [2.75, 3.05) is 19.6 Å². The first-order valence-corrected chi connectivity index (χ1v) is 12.0. The largest absolute Gasteiger partial charge is 0.392 e. The van der Waals surface area contributed by atoms with Crippen molar-refractivity contribution >= 4 is 35.2 Å². The van der Waals surface area contributed by atoms with Gasteiger partial charge in [0, 0.05) is 23.1 Å². The first kappa shape index (κ1) is 21.0. The van der Waals surface area contributed by atoms with Crippen LogP contribution < -0.4 is 0 Å². The summed E-state index contributed by atoms with van der Waals surface area (Å²) in [4.78, 5) is 29.2. The topological polar surface area (TPSA) is 60.9 Å². The van der Waals surface area contributed by atoms with Crippen LogP contribution in [-0.2, 0) is 4.79 Å². The minimum atomic E-state index is -0.553. The van der Waals surface area contributed by atoms with Crippen molar-refractivity contribution in [3.63, 3.8) is 0 Å². The smallest absolute Gasteiger partial charge is 0.236 e. The molecule has 0 aromatic heterocycles. The fraction of sp³-hybridized carbons (Fsp3) is 0.545.